The summed E-state index contributed by atoms with van der Waals surface area (Å²) in [6.07, 6.45) is 1.84. The third-order valence-corrected chi connectivity index (χ3v) is 1.75. The first-order valence-corrected chi connectivity index (χ1v) is 3.82. The second-order valence-corrected chi connectivity index (χ2v) is 2.65. The minimum absolute atomic E-state index is 0.313. The Bertz CT molecular complexity index is 375. The molecule has 4 N–H and O–H groups in total. The molecule has 0 unspecified atom stereocenters. The summed E-state index contributed by atoms with van der Waals surface area (Å²) in [7, 11) is 1.87. The maximum atomic E-state index is 5.40. The summed E-state index contributed by atoms with van der Waals surface area (Å²) in [5.74, 6) is 1.85. The molecule has 6 nitrogen and oxygen atoms in total. The standard InChI is InChI=1S/C7H10N6/c1-13(5-3-2-4-9-5)7-10-6(8)11-12-7/h2-4,9H,1H3,(H3,8,10,11,12). The Morgan fingerprint density at radius 2 is 2.31 bits per heavy atom. The Balaban J connectivity index is 2.28. The Labute approximate surface area is 74.8 Å². The van der Waals surface area contributed by atoms with Crippen LogP contribution in [0.2, 0.25) is 0 Å². The molecule has 6 heteroatoms. The Kier molecular flexibility index (Phi) is 1.66. The molecule has 0 radical (unpaired) electrons. The third-order valence-electron chi connectivity index (χ3n) is 1.75. The van der Waals surface area contributed by atoms with Crippen molar-refractivity contribution in [3.63, 3.8) is 0 Å². The van der Waals surface area contributed by atoms with Crippen LogP contribution >= 0.6 is 0 Å². The van der Waals surface area contributed by atoms with E-state index in [9.17, 15) is 0 Å². The monoisotopic (exact) mass is 178 g/mol. The Morgan fingerprint density at radius 1 is 1.46 bits per heavy atom. The van der Waals surface area contributed by atoms with Gasteiger partial charge in [-0.3, -0.25) is 9.88 Å². The topological polar surface area (TPSA) is 86.6 Å². The summed E-state index contributed by atoms with van der Waals surface area (Å²) in [5, 5.41) is 7.51. The van der Waals surface area contributed by atoms with E-state index in [2.05, 4.69) is 20.2 Å². The van der Waals surface area contributed by atoms with Crippen LogP contribution in [0.15, 0.2) is 18.3 Å². The molecule has 0 aromatic carbocycles. The number of rotatable bonds is 2. The van der Waals surface area contributed by atoms with E-state index in [1.807, 2.05) is 30.3 Å². The molecule has 0 saturated carbocycles. The van der Waals surface area contributed by atoms with Gasteiger partial charge in [0.05, 0.1) is 0 Å². The zero-order valence-electron chi connectivity index (χ0n) is 7.15. The molecule has 2 aromatic rings. The van der Waals surface area contributed by atoms with Crippen molar-refractivity contribution in [3.05, 3.63) is 18.3 Å². The van der Waals surface area contributed by atoms with Crippen molar-refractivity contribution in [2.75, 3.05) is 17.7 Å². The van der Waals surface area contributed by atoms with Crippen molar-refractivity contribution >= 4 is 17.7 Å². The molecule has 13 heavy (non-hydrogen) atoms. The smallest absolute Gasteiger partial charge is 0.231 e. The lowest BCUT2D eigenvalue weighted by Crippen LogP contribution is -2.11. The van der Waals surface area contributed by atoms with Crippen LogP contribution in [0.4, 0.5) is 17.7 Å². The summed E-state index contributed by atoms with van der Waals surface area (Å²) >= 11 is 0. The number of nitrogens with two attached hydrogens (primary N) is 1. The van der Waals surface area contributed by atoms with Crippen LogP contribution in [0.5, 0.6) is 0 Å². The van der Waals surface area contributed by atoms with Crippen LogP contribution in [0.3, 0.4) is 0 Å². The number of nitrogens with one attached hydrogen (secondary N) is 2. The van der Waals surface area contributed by atoms with Crippen molar-refractivity contribution in [2.45, 2.75) is 0 Å². The van der Waals surface area contributed by atoms with Crippen LogP contribution < -0.4 is 10.6 Å². The maximum absolute atomic E-state index is 5.40. The van der Waals surface area contributed by atoms with Gasteiger partial charge in [-0.15, -0.1) is 10.2 Å². The van der Waals surface area contributed by atoms with Gasteiger partial charge in [-0.2, -0.15) is 0 Å². The van der Waals surface area contributed by atoms with Gasteiger partial charge < -0.3 is 10.7 Å². The number of nitrogens with zero attached hydrogens (tertiary/aromatic N) is 3. The molecule has 2 aromatic heterocycles. The van der Waals surface area contributed by atoms with E-state index in [4.69, 9.17) is 5.73 Å². The van der Waals surface area contributed by atoms with E-state index < -0.39 is 0 Å². The van der Waals surface area contributed by atoms with Gasteiger partial charge in [0.25, 0.3) is 0 Å². The summed E-state index contributed by atoms with van der Waals surface area (Å²) in [5.41, 5.74) is 5.40. The summed E-state index contributed by atoms with van der Waals surface area (Å²) in [4.78, 5) is 7.69. The second-order valence-electron chi connectivity index (χ2n) is 2.65. The van der Waals surface area contributed by atoms with E-state index in [-0.39, 0.29) is 0 Å². The summed E-state index contributed by atoms with van der Waals surface area (Å²) in [6, 6.07) is 3.84. The molecule has 0 atom stereocenters. The molecule has 0 bridgehead atoms. The lowest BCUT2D eigenvalue weighted by Gasteiger charge is -2.11. The molecule has 2 heterocycles. The molecule has 0 amide bonds. The number of H-pyrrole nitrogens is 2. The van der Waals surface area contributed by atoms with Crippen molar-refractivity contribution in [1.29, 1.82) is 0 Å². The van der Waals surface area contributed by atoms with Gasteiger partial charge in [0.2, 0.25) is 11.9 Å². The Morgan fingerprint density at radius 3 is 2.85 bits per heavy atom. The Hall–Kier alpha value is -1.98. The number of anilines is 3. The van der Waals surface area contributed by atoms with Crippen molar-refractivity contribution in [2.24, 2.45) is 0 Å². The van der Waals surface area contributed by atoms with Crippen LogP contribution in [-0.4, -0.2) is 27.2 Å². The van der Waals surface area contributed by atoms with Crippen molar-refractivity contribution in [1.82, 2.24) is 20.2 Å². The van der Waals surface area contributed by atoms with E-state index in [1.54, 1.807) is 0 Å². The first-order chi connectivity index (χ1) is 6.27. The first-order valence-electron chi connectivity index (χ1n) is 3.82. The van der Waals surface area contributed by atoms with E-state index in [0.29, 0.717) is 11.9 Å². The van der Waals surface area contributed by atoms with Gasteiger partial charge >= 0.3 is 0 Å². The highest BCUT2D eigenvalue weighted by Gasteiger charge is 2.07. The second kappa shape index (κ2) is 2.81. The molecule has 0 fully saturated rings. The van der Waals surface area contributed by atoms with Crippen LogP contribution in [0.25, 0.3) is 0 Å². The van der Waals surface area contributed by atoms with Gasteiger partial charge in [-0.1, -0.05) is 0 Å². The van der Waals surface area contributed by atoms with Crippen molar-refractivity contribution in [3.8, 4) is 0 Å². The average Bonchev–Trinajstić information content (AvgIpc) is 2.72. The predicted molar refractivity (Wildman–Crippen MR) is 49.7 cm³/mol. The molecule has 0 saturated heterocycles. The molecule has 2 rings (SSSR count). The number of hydrogen-bond donors (Lipinski definition) is 3. The summed E-state index contributed by atoms with van der Waals surface area (Å²) < 4.78 is 0. The van der Waals surface area contributed by atoms with Crippen LogP contribution in [0.1, 0.15) is 0 Å². The number of hydrogen-bond acceptors (Lipinski definition) is 4. The van der Waals surface area contributed by atoms with E-state index in [0.717, 1.165) is 5.82 Å². The third kappa shape index (κ3) is 1.33. The number of aromatic amines is 2. The SMILES string of the molecule is CN(c1ccc[nH]1)c1nnc(N)[nH]1. The van der Waals surface area contributed by atoms with Gasteiger partial charge in [-0.25, -0.2) is 0 Å². The fourth-order valence-electron chi connectivity index (χ4n) is 1.06. The van der Waals surface area contributed by atoms with Crippen LogP contribution in [0, 0.1) is 0 Å². The normalized spacial score (nSPS) is 10.2. The minimum Gasteiger partial charge on any atom is -0.368 e. The molecule has 0 aliphatic rings. The highest BCUT2D eigenvalue weighted by Crippen LogP contribution is 2.16. The molecule has 68 valence electrons. The predicted octanol–water partition coefficient (Wildman–Crippen LogP) is 0.483. The minimum atomic E-state index is 0.313. The number of aromatic nitrogens is 4. The van der Waals surface area contributed by atoms with Crippen LogP contribution in [-0.2, 0) is 0 Å². The van der Waals surface area contributed by atoms with Gasteiger partial charge in [0, 0.05) is 13.2 Å². The lowest BCUT2D eigenvalue weighted by atomic mass is 10.6. The van der Waals surface area contributed by atoms with Gasteiger partial charge in [0.1, 0.15) is 5.82 Å². The highest BCUT2D eigenvalue weighted by molar-refractivity contribution is 5.51. The highest BCUT2D eigenvalue weighted by atomic mass is 15.4. The van der Waals surface area contributed by atoms with Gasteiger partial charge in [0.15, 0.2) is 0 Å². The molecular weight excluding hydrogens is 168 g/mol. The zero-order chi connectivity index (χ0) is 9.26. The average molecular weight is 178 g/mol. The van der Waals surface area contributed by atoms with Gasteiger partial charge in [-0.05, 0) is 12.1 Å². The molecule has 0 aliphatic carbocycles. The lowest BCUT2D eigenvalue weighted by molar-refractivity contribution is 1.02. The van der Waals surface area contributed by atoms with Crippen molar-refractivity contribution < 1.29 is 0 Å². The first kappa shape index (κ1) is 7.66. The fourth-order valence-corrected chi connectivity index (χ4v) is 1.06. The molecule has 0 spiro atoms. The largest absolute Gasteiger partial charge is 0.368 e. The van der Waals surface area contributed by atoms with E-state index in [1.165, 1.54) is 0 Å². The maximum Gasteiger partial charge on any atom is 0.231 e. The molecule has 0 aliphatic heterocycles. The quantitative estimate of drug-likeness (QED) is 0.624. The van der Waals surface area contributed by atoms with E-state index >= 15 is 0 Å². The number of nitrogen functional groups attached to an aromatic ring is 1. The fraction of sp³-hybridized carbons (Fsp3) is 0.143. The summed E-state index contributed by atoms with van der Waals surface area (Å²) in [6.45, 7) is 0. The molecular formula is C7H10N6. The zero-order valence-corrected chi connectivity index (χ0v) is 7.15.